The van der Waals surface area contributed by atoms with Crippen LogP contribution in [0, 0.1) is 5.92 Å². The molecule has 2 aromatic rings. The predicted molar refractivity (Wildman–Crippen MR) is 115 cm³/mol. The number of anilines is 1. The Balaban J connectivity index is 1.70. The highest BCUT2D eigenvalue weighted by Gasteiger charge is 2.32. The summed E-state index contributed by atoms with van der Waals surface area (Å²) >= 11 is 0. The van der Waals surface area contributed by atoms with Crippen LogP contribution in [0.1, 0.15) is 25.3 Å². The number of benzene rings is 2. The van der Waals surface area contributed by atoms with Crippen molar-refractivity contribution in [3.8, 4) is 0 Å². The third kappa shape index (κ3) is 5.65. The molecule has 0 bridgehead atoms. The maximum atomic E-state index is 12.7. The molecule has 7 heteroatoms. The second-order valence-corrected chi connectivity index (χ2v) is 9.98. The van der Waals surface area contributed by atoms with Crippen LogP contribution < -0.4 is 5.32 Å². The van der Waals surface area contributed by atoms with Crippen LogP contribution in [0.2, 0.25) is 0 Å². The van der Waals surface area contributed by atoms with Crippen molar-refractivity contribution >= 4 is 21.6 Å². The fourth-order valence-corrected chi connectivity index (χ4v) is 4.32. The van der Waals surface area contributed by atoms with Crippen molar-refractivity contribution in [2.45, 2.75) is 37.2 Å². The molecule has 0 radical (unpaired) electrons. The van der Waals surface area contributed by atoms with Gasteiger partial charge < -0.3 is 5.32 Å². The number of nitrogens with zero attached hydrogens (tertiary/aromatic N) is 2. The van der Waals surface area contributed by atoms with Gasteiger partial charge in [0.25, 0.3) is 0 Å². The molecule has 2 aromatic carbocycles. The lowest BCUT2D eigenvalue weighted by atomic mass is 10.1. The molecule has 6 nitrogen and oxygen atoms in total. The normalized spacial score (nSPS) is 15.5. The van der Waals surface area contributed by atoms with Gasteiger partial charge in [0.1, 0.15) is 0 Å². The molecule has 29 heavy (non-hydrogen) atoms. The van der Waals surface area contributed by atoms with Crippen LogP contribution in [0.25, 0.3) is 0 Å². The average Bonchev–Trinajstić information content (AvgIpc) is 3.53. The molecule has 1 N–H and O–H groups in total. The fourth-order valence-electron chi connectivity index (χ4n) is 3.37. The monoisotopic (exact) mass is 415 g/mol. The van der Waals surface area contributed by atoms with Crippen LogP contribution in [-0.4, -0.2) is 50.2 Å². The molecule has 3 rings (SSSR count). The SMILES string of the molecule is CC(C1CC1)N(CC(=O)Nc1cccc(S(=O)(=O)N(C)C)c1)Cc1ccccc1. The van der Waals surface area contributed by atoms with Gasteiger partial charge in [0.2, 0.25) is 15.9 Å². The van der Waals surface area contributed by atoms with E-state index in [0.29, 0.717) is 24.2 Å². The summed E-state index contributed by atoms with van der Waals surface area (Å²) in [7, 11) is -0.569. The van der Waals surface area contributed by atoms with E-state index in [0.717, 1.165) is 4.31 Å². The Labute approximate surface area is 173 Å². The molecule has 0 aliphatic heterocycles. The number of carbonyl (C=O) groups excluding carboxylic acids is 1. The highest BCUT2D eigenvalue weighted by atomic mass is 32.2. The minimum absolute atomic E-state index is 0.146. The average molecular weight is 416 g/mol. The maximum absolute atomic E-state index is 12.7. The Bertz CT molecular complexity index is 941. The Kier molecular flexibility index (Phi) is 6.72. The van der Waals surface area contributed by atoms with Crippen LogP contribution in [-0.2, 0) is 21.4 Å². The van der Waals surface area contributed by atoms with Gasteiger partial charge in [-0.2, -0.15) is 0 Å². The number of sulfonamides is 1. The lowest BCUT2D eigenvalue weighted by molar-refractivity contribution is -0.118. The zero-order valence-corrected chi connectivity index (χ0v) is 18.0. The van der Waals surface area contributed by atoms with Gasteiger partial charge in [0.15, 0.2) is 0 Å². The molecule has 0 heterocycles. The summed E-state index contributed by atoms with van der Waals surface area (Å²) in [4.78, 5) is 15.1. The lowest BCUT2D eigenvalue weighted by Crippen LogP contribution is -2.40. The van der Waals surface area contributed by atoms with E-state index < -0.39 is 10.0 Å². The van der Waals surface area contributed by atoms with Crippen molar-refractivity contribution in [1.29, 1.82) is 0 Å². The first-order valence-corrected chi connectivity index (χ1v) is 11.3. The van der Waals surface area contributed by atoms with Crippen molar-refractivity contribution < 1.29 is 13.2 Å². The lowest BCUT2D eigenvalue weighted by Gasteiger charge is -2.28. The van der Waals surface area contributed by atoms with Crippen molar-refractivity contribution in [1.82, 2.24) is 9.21 Å². The van der Waals surface area contributed by atoms with E-state index in [4.69, 9.17) is 0 Å². The summed E-state index contributed by atoms with van der Waals surface area (Å²) < 4.78 is 25.8. The van der Waals surface area contributed by atoms with Gasteiger partial charge in [0, 0.05) is 32.4 Å². The van der Waals surface area contributed by atoms with Gasteiger partial charge in [-0.1, -0.05) is 36.4 Å². The Morgan fingerprint density at radius 3 is 2.41 bits per heavy atom. The van der Waals surface area contributed by atoms with E-state index in [2.05, 4.69) is 29.3 Å². The quantitative estimate of drug-likeness (QED) is 0.683. The Hall–Kier alpha value is -2.22. The number of hydrogen-bond donors (Lipinski definition) is 1. The van der Waals surface area contributed by atoms with Gasteiger partial charge >= 0.3 is 0 Å². The van der Waals surface area contributed by atoms with Crippen LogP contribution >= 0.6 is 0 Å². The van der Waals surface area contributed by atoms with Gasteiger partial charge in [-0.15, -0.1) is 0 Å². The van der Waals surface area contributed by atoms with Crippen molar-refractivity contribution in [2.75, 3.05) is 26.0 Å². The maximum Gasteiger partial charge on any atom is 0.242 e. The molecule has 1 amide bonds. The van der Waals surface area contributed by atoms with Crippen molar-refractivity contribution in [2.24, 2.45) is 5.92 Å². The second kappa shape index (κ2) is 9.07. The van der Waals surface area contributed by atoms with Gasteiger partial charge in [-0.3, -0.25) is 9.69 Å². The van der Waals surface area contributed by atoms with E-state index in [-0.39, 0.29) is 17.3 Å². The summed E-state index contributed by atoms with van der Waals surface area (Å²) in [6, 6.07) is 16.8. The first-order chi connectivity index (χ1) is 13.8. The highest BCUT2D eigenvalue weighted by molar-refractivity contribution is 7.89. The van der Waals surface area contributed by atoms with E-state index in [1.165, 1.54) is 44.6 Å². The Morgan fingerprint density at radius 1 is 1.10 bits per heavy atom. The van der Waals surface area contributed by atoms with Crippen LogP contribution in [0.15, 0.2) is 59.5 Å². The molecule has 1 atom stereocenters. The van der Waals surface area contributed by atoms with E-state index in [1.54, 1.807) is 12.1 Å². The smallest absolute Gasteiger partial charge is 0.242 e. The zero-order valence-electron chi connectivity index (χ0n) is 17.2. The van der Waals surface area contributed by atoms with Crippen LogP contribution in [0.4, 0.5) is 5.69 Å². The molecule has 1 aliphatic rings. The topological polar surface area (TPSA) is 69.7 Å². The Morgan fingerprint density at radius 2 is 1.79 bits per heavy atom. The van der Waals surface area contributed by atoms with E-state index in [1.807, 2.05) is 18.2 Å². The summed E-state index contributed by atoms with van der Waals surface area (Å²) in [5.41, 5.74) is 1.66. The molecule has 1 fully saturated rings. The summed E-state index contributed by atoms with van der Waals surface area (Å²) in [5.74, 6) is 0.493. The molecule has 0 aromatic heterocycles. The standard InChI is InChI=1S/C22H29N3O3S/c1-17(19-12-13-19)25(15-18-8-5-4-6-9-18)16-22(26)23-20-10-7-11-21(14-20)29(27,28)24(2)3/h4-11,14,17,19H,12-13,15-16H2,1-3H3,(H,23,26). The summed E-state index contributed by atoms with van der Waals surface area (Å²) in [6.45, 7) is 3.15. The van der Waals surface area contributed by atoms with E-state index >= 15 is 0 Å². The summed E-state index contributed by atoms with van der Waals surface area (Å²) in [6.07, 6.45) is 2.41. The minimum atomic E-state index is -3.54. The molecule has 1 aliphatic carbocycles. The van der Waals surface area contributed by atoms with Gasteiger partial charge in [-0.05, 0) is 49.4 Å². The molecule has 1 unspecified atom stereocenters. The first kappa shape index (κ1) is 21.5. The molecule has 0 saturated heterocycles. The highest BCUT2D eigenvalue weighted by Crippen LogP contribution is 2.35. The zero-order chi connectivity index (χ0) is 21.0. The van der Waals surface area contributed by atoms with Gasteiger partial charge in [-0.25, -0.2) is 12.7 Å². The fraction of sp³-hybridized carbons (Fsp3) is 0.409. The number of rotatable bonds is 9. The summed E-state index contributed by atoms with van der Waals surface area (Å²) in [5, 5.41) is 2.86. The van der Waals surface area contributed by atoms with Crippen molar-refractivity contribution in [3.63, 3.8) is 0 Å². The first-order valence-electron chi connectivity index (χ1n) is 9.88. The van der Waals surface area contributed by atoms with Gasteiger partial charge in [0.05, 0.1) is 11.4 Å². The third-order valence-corrected chi connectivity index (χ3v) is 7.16. The molecule has 1 saturated carbocycles. The van der Waals surface area contributed by atoms with Crippen molar-refractivity contribution in [3.05, 3.63) is 60.2 Å². The van der Waals surface area contributed by atoms with E-state index in [9.17, 15) is 13.2 Å². The van der Waals surface area contributed by atoms with Crippen LogP contribution in [0.5, 0.6) is 0 Å². The number of carbonyl (C=O) groups is 1. The molecule has 0 spiro atoms. The number of nitrogens with one attached hydrogen (secondary N) is 1. The minimum Gasteiger partial charge on any atom is -0.325 e. The third-order valence-electron chi connectivity index (χ3n) is 5.35. The molecular formula is C22H29N3O3S. The second-order valence-electron chi connectivity index (χ2n) is 7.83. The largest absolute Gasteiger partial charge is 0.325 e. The van der Waals surface area contributed by atoms with Crippen LogP contribution in [0.3, 0.4) is 0 Å². The number of amides is 1. The number of hydrogen-bond acceptors (Lipinski definition) is 4. The predicted octanol–water partition coefficient (Wildman–Crippen LogP) is 3.18. The molecule has 156 valence electrons. The molecular weight excluding hydrogens is 386 g/mol.